The fourth-order valence-corrected chi connectivity index (χ4v) is 4.29. The summed E-state index contributed by atoms with van der Waals surface area (Å²) in [6.07, 6.45) is -1.35. The number of hydrogen-bond acceptors (Lipinski definition) is 3. The van der Waals surface area contributed by atoms with E-state index in [2.05, 4.69) is 25.7 Å². The van der Waals surface area contributed by atoms with Crippen molar-refractivity contribution in [2.75, 3.05) is 39.3 Å². The Morgan fingerprint density at radius 2 is 1.31 bits per heavy atom. The Labute approximate surface area is 157 Å². The third kappa shape index (κ3) is 5.83. The first-order valence-corrected chi connectivity index (χ1v) is 10.1. The van der Waals surface area contributed by atoms with Crippen molar-refractivity contribution in [3.63, 3.8) is 0 Å². The van der Waals surface area contributed by atoms with Gasteiger partial charge in [0.25, 0.3) is 0 Å². The molecular formula is C20H38F3N3. The van der Waals surface area contributed by atoms with Gasteiger partial charge in [-0.3, -0.25) is 14.7 Å². The molecule has 0 saturated carbocycles. The molecule has 2 heterocycles. The van der Waals surface area contributed by atoms with Crippen LogP contribution in [0, 0.1) is 5.92 Å². The van der Waals surface area contributed by atoms with Gasteiger partial charge in [0.05, 0.1) is 0 Å². The molecule has 2 saturated heterocycles. The largest absolute Gasteiger partial charge is 0.405 e. The molecule has 2 aliphatic rings. The number of nitrogens with zero attached hydrogens (tertiary/aromatic N) is 3. The van der Waals surface area contributed by atoms with Gasteiger partial charge < -0.3 is 0 Å². The molecule has 6 heteroatoms. The molecule has 0 aromatic carbocycles. The summed E-state index contributed by atoms with van der Waals surface area (Å²) in [5.74, 6) is 0.375. The van der Waals surface area contributed by atoms with Gasteiger partial charge in [-0.1, -0.05) is 0 Å². The molecule has 0 spiro atoms. The number of rotatable bonds is 2. The van der Waals surface area contributed by atoms with E-state index in [1.54, 1.807) is 4.90 Å². The van der Waals surface area contributed by atoms with Crippen LogP contribution in [0.2, 0.25) is 0 Å². The minimum absolute atomic E-state index is 0.0911. The maximum absolute atomic E-state index is 13.8. The van der Waals surface area contributed by atoms with Gasteiger partial charge in [0, 0.05) is 30.7 Å². The number of hydrogen-bond donors (Lipinski definition) is 0. The SMILES string of the molecule is CC(C)(C)N1CCC(CN2CCCN(C(C)(C)C)CC2C(F)(F)F)CC1. The summed E-state index contributed by atoms with van der Waals surface area (Å²) in [6, 6.07) is -1.34. The van der Waals surface area contributed by atoms with Gasteiger partial charge in [-0.25, -0.2) is 0 Å². The van der Waals surface area contributed by atoms with Gasteiger partial charge in [0.1, 0.15) is 6.04 Å². The van der Waals surface area contributed by atoms with E-state index in [0.717, 1.165) is 38.9 Å². The van der Waals surface area contributed by atoms with E-state index in [1.165, 1.54) is 0 Å². The first kappa shape index (κ1) is 22.0. The quantitative estimate of drug-likeness (QED) is 0.713. The van der Waals surface area contributed by atoms with Crippen LogP contribution < -0.4 is 0 Å². The minimum Gasteiger partial charge on any atom is -0.298 e. The number of likely N-dealkylation sites (tertiary alicyclic amines) is 1. The molecule has 0 bridgehead atoms. The van der Waals surface area contributed by atoms with E-state index >= 15 is 0 Å². The van der Waals surface area contributed by atoms with Gasteiger partial charge in [-0.2, -0.15) is 13.2 Å². The molecule has 0 amide bonds. The molecule has 2 rings (SSSR count). The normalized spacial score (nSPS) is 26.9. The van der Waals surface area contributed by atoms with Crippen molar-refractivity contribution in [2.45, 2.75) is 84.1 Å². The average Bonchev–Trinajstić information content (AvgIpc) is 2.69. The van der Waals surface area contributed by atoms with Crippen molar-refractivity contribution in [3.8, 4) is 0 Å². The van der Waals surface area contributed by atoms with E-state index in [4.69, 9.17) is 0 Å². The molecule has 1 atom stereocenters. The molecular weight excluding hydrogens is 339 g/mol. The van der Waals surface area contributed by atoms with Crippen LogP contribution in [0.1, 0.15) is 60.8 Å². The van der Waals surface area contributed by atoms with Gasteiger partial charge in [0.2, 0.25) is 0 Å². The molecule has 0 radical (unpaired) electrons. The van der Waals surface area contributed by atoms with Crippen molar-refractivity contribution in [2.24, 2.45) is 5.92 Å². The number of piperidine rings is 1. The molecule has 2 fully saturated rings. The summed E-state index contributed by atoms with van der Waals surface area (Å²) in [6.45, 7) is 16.6. The Bertz CT molecular complexity index is 443. The summed E-state index contributed by atoms with van der Waals surface area (Å²) in [5, 5.41) is 0. The first-order chi connectivity index (χ1) is 11.8. The molecule has 0 aliphatic carbocycles. The van der Waals surface area contributed by atoms with Gasteiger partial charge in [0.15, 0.2) is 0 Å². The van der Waals surface area contributed by atoms with Crippen molar-refractivity contribution in [1.29, 1.82) is 0 Å². The second-order valence-electron chi connectivity index (χ2n) is 10.1. The third-order valence-electron chi connectivity index (χ3n) is 6.09. The molecule has 26 heavy (non-hydrogen) atoms. The maximum atomic E-state index is 13.8. The van der Waals surface area contributed by atoms with E-state index in [-0.39, 0.29) is 17.6 Å². The zero-order valence-electron chi connectivity index (χ0n) is 17.5. The second kappa shape index (κ2) is 7.96. The van der Waals surface area contributed by atoms with Crippen LogP contribution in [-0.4, -0.2) is 77.3 Å². The molecule has 154 valence electrons. The van der Waals surface area contributed by atoms with E-state index in [0.29, 0.717) is 19.0 Å². The van der Waals surface area contributed by atoms with E-state index in [9.17, 15) is 13.2 Å². The lowest BCUT2D eigenvalue weighted by Crippen LogP contribution is -2.55. The van der Waals surface area contributed by atoms with Crippen LogP contribution in [0.15, 0.2) is 0 Å². The highest BCUT2D eigenvalue weighted by Gasteiger charge is 2.47. The van der Waals surface area contributed by atoms with Crippen LogP contribution in [0.25, 0.3) is 0 Å². The topological polar surface area (TPSA) is 9.72 Å². The van der Waals surface area contributed by atoms with Gasteiger partial charge in [-0.05, 0) is 86.4 Å². The predicted molar refractivity (Wildman–Crippen MR) is 101 cm³/mol. The van der Waals surface area contributed by atoms with E-state index in [1.807, 2.05) is 25.7 Å². The molecule has 0 aromatic heterocycles. The second-order valence-corrected chi connectivity index (χ2v) is 10.1. The lowest BCUT2D eigenvalue weighted by Gasteiger charge is -2.43. The summed E-state index contributed by atoms with van der Waals surface area (Å²) in [7, 11) is 0. The zero-order valence-corrected chi connectivity index (χ0v) is 17.5. The lowest BCUT2D eigenvalue weighted by atomic mass is 9.92. The average molecular weight is 378 g/mol. The van der Waals surface area contributed by atoms with Crippen molar-refractivity contribution >= 4 is 0 Å². The highest BCUT2D eigenvalue weighted by molar-refractivity contribution is 4.91. The fraction of sp³-hybridized carbons (Fsp3) is 1.00. The monoisotopic (exact) mass is 377 g/mol. The zero-order chi connectivity index (χ0) is 19.8. The fourth-order valence-electron chi connectivity index (χ4n) is 4.29. The minimum atomic E-state index is -4.17. The molecule has 0 N–H and O–H groups in total. The van der Waals surface area contributed by atoms with Crippen molar-refractivity contribution < 1.29 is 13.2 Å². The van der Waals surface area contributed by atoms with Gasteiger partial charge in [-0.15, -0.1) is 0 Å². The van der Waals surface area contributed by atoms with Crippen LogP contribution in [0.4, 0.5) is 13.2 Å². The van der Waals surface area contributed by atoms with Crippen LogP contribution in [-0.2, 0) is 0 Å². The summed E-state index contributed by atoms with van der Waals surface area (Å²) in [4.78, 5) is 6.20. The Balaban J connectivity index is 2.03. The predicted octanol–water partition coefficient (Wildman–Crippen LogP) is 4.23. The summed E-state index contributed by atoms with van der Waals surface area (Å²) >= 11 is 0. The highest BCUT2D eigenvalue weighted by Crippen LogP contribution is 2.32. The van der Waals surface area contributed by atoms with Crippen molar-refractivity contribution in [1.82, 2.24) is 14.7 Å². The summed E-state index contributed by atoms with van der Waals surface area (Å²) < 4.78 is 41.5. The first-order valence-electron chi connectivity index (χ1n) is 10.1. The van der Waals surface area contributed by atoms with E-state index < -0.39 is 12.2 Å². The van der Waals surface area contributed by atoms with Crippen LogP contribution in [0.5, 0.6) is 0 Å². The molecule has 3 nitrogen and oxygen atoms in total. The molecule has 1 unspecified atom stereocenters. The number of alkyl halides is 3. The Morgan fingerprint density at radius 3 is 1.77 bits per heavy atom. The third-order valence-corrected chi connectivity index (χ3v) is 6.09. The van der Waals surface area contributed by atoms with Gasteiger partial charge >= 0.3 is 6.18 Å². The van der Waals surface area contributed by atoms with Crippen LogP contribution in [0.3, 0.4) is 0 Å². The number of halogens is 3. The standard InChI is InChI=1S/C20H38F3N3/c1-18(2,3)25-12-8-16(9-13-25)14-24-10-7-11-26(19(4,5)6)15-17(24)20(21,22)23/h16-17H,7-15H2,1-6H3. The molecule has 0 aromatic rings. The lowest BCUT2D eigenvalue weighted by molar-refractivity contribution is -0.189. The smallest absolute Gasteiger partial charge is 0.298 e. The van der Waals surface area contributed by atoms with Crippen molar-refractivity contribution in [3.05, 3.63) is 0 Å². The Kier molecular flexibility index (Phi) is 6.72. The highest BCUT2D eigenvalue weighted by atomic mass is 19.4. The van der Waals surface area contributed by atoms with Crippen LogP contribution >= 0.6 is 0 Å². The Morgan fingerprint density at radius 1 is 0.769 bits per heavy atom. The molecule has 2 aliphatic heterocycles. The Hall–Kier alpha value is -0.330. The summed E-state index contributed by atoms with van der Waals surface area (Å²) in [5.41, 5.74) is -0.0765. The maximum Gasteiger partial charge on any atom is 0.405 e.